The highest BCUT2D eigenvalue weighted by molar-refractivity contribution is 6.33. The van der Waals surface area contributed by atoms with Gasteiger partial charge in [-0.1, -0.05) is 35.9 Å². The Hall–Kier alpha value is -2.37. The molecule has 2 aromatic carbocycles. The molecule has 1 aromatic heterocycles. The van der Waals surface area contributed by atoms with Crippen molar-refractivity contribution < 1.29 is 9.21 Å². The molecule has 0 saturated carbocycles. The number of nitrogens with zero attached hydrogens (tertiary/aromatic N) is 2. The van der Waals surface area contributed by atoms with Crippen molar-refractivity contribution in [2.24, 2.45) is 0 Å². The molecule has 0 radical (unpaired) electrons. The van der Waals surface area contributed by atoms with Gasteiger partial charge in [0.1, 0.15) is 5.52 Å². The second-order valence-corrected chi connectivity index (χ2v) is 7.03. The van der Waals surface area contributed by atoms with Gasteiger partial charge in [0.2, 0.25) is 5.91 Å². The van der Waals surface area contributed by atoms with Gasteiger partial charge >= 0.3 is 0 Å². The largest absolute Gasteiger partial charge is 0.440 e. The molecular formula is C20H20ClN3O2. The first kappa shape index (κ1) is 17.1. The van der Waals surface area contributed by atoms with Gasteiger partial charge in [0.25, 0.3) is 0 Å². The van der Waals surface area contributed by atoms with Gasteiger partial charge in [0.15, 0.2) is 11.5 Å². The van der Waals surface area contributed by atoms with E-state index in [2.05, 4.69) is 15.2 Å². The van der Waals surface area contributed by atoms with Crippen molar-refractivity contribution in [3.8, 4) is 0 Å². The number of oxazole rings is 1. The number of likely N-dealkylation sites (tertiary alicyclic amines) is 1. The number of halogens is 1. The Balaban J connectivity index is 1.40. The number of aromatic nitrogens is 1. The molecule has 0 aliphatic carbocycles. The van der Waals surface area contributed by atoms with E-state index in [1.165, 1.54) is 0 Å². The molecule has 1 aliphatic rings. The summed E-state index contributed by atoms with van der Waals surface area (Å²) in [5.41, 5.74) is 2.35. The Morgan fingerprint density at radius 3 is 2.88 bits per heavy atom. The molecule has 0 bridgehead atoms. The predicted molar refractivity (Wildman–Crippen MR) is 103 cm³/mol. The van der Waals surface area contributed by atoms with Crippen molar-refractivity contribution in [2.75, 3.05) is 25.0 Å². The van der Waals surface area contributed by atoms with E-state index in [9.17, 15) is 4.79 Å². The van der Waals surface area contributed by atoms with E-state index in [1.54, 1.807) is 12.1 Å². The maximum absolute atomic E-state index is 12.4. The monoisotopic (exact) mass is 369 g/mol. The SMILES string of the molecule is O=C(CN1CCCC(c2nc3ccccc3o2)C1)Nc1ccccc1Cl. The number of hydrogen-bond acceptors (Lipinski definition) is 4. The van der Waals surface area contributed by atoms with Crippen LogP contribution in [0.5, 0.6) is 0 Å². The van der Waals surface area contributed by atoms with Crippen LogP contribution >= 0.6 is 11.6 Å². The van der Waals surface area contributed by atoms with Gasteiger partial charge in [0, 0.05) is 12.5 Å². The Labute approximate surface area is 157 Å². The van der Waals surface area contributed by atoms with Crippen molar-refractivity contribution >= 4 is 34.3 Å². The van der Waals surface area contributed by atoms with Crippen LogP contribution in [0.1, 0.15) is 24.7 Å². The molecule has 26 heavy (non-hydrogen) atoms. The van der Waals surface area contributed by atoms with Crippen LogP contribution in [0.25, 0.3) is 11.1 Å². The van der Waals surface area contributed by atoms with Crippen molar-refractivity contribution in [2.45, 2.75) is 18.8 Å². The lowest BCUT2D eigenvalue weighted by atomic mass is 9.98. The van der Waals surface area contributed by atoms with Crippen molar-refractivity contribution in [1.29, 1.82) is 0 Å². The Morgan fingerprint density at radius 1 is 1.23 bits per heavy atom. The van der Waals surface area contributed by atoms with Gasteiger partial charge in [-0.3, -0.25) is 9.69 Å². The zero-order valence-electron chi connectivity index (χ0n) is 14.3. The molecule has 1 unspecified atom stereocenters. The van der Waals surface area contributed by atoms with E-state index in [0.29, 0.717) is 17.3 Å². The molecule has 3 aromatic rings. The average Bonchev–Trinajstić information content (AvgIpc) is 3.08. The van der Waals surface area contributed by atoms with E-state index in [0.717, 1.165) is 42.9 Å². The number of piperidine rings is 1. The maximum Gasteiger partial charge on any atom is 0.238 e. The molecular weight excluding hydrogens is 350 g/mol. The topological polar surface area (TPSA) is 58.4 Å². The maximum atomic E-state index is 12.4. The lowest BCUT2D eigenvalue weighted by Crippen LogP contribution is -2.39. The zero-order valence-corrected chi connectivity index (χ0v) is 15.1. The third-order valence-electron chi connectivity index (χ3n) is 4.68. The van der Waals surface area contributed by atoms with E-state index in [4.69, 9.17) is 16.0 Å². The molecule has 1 atom stereocenters. The minimum Gasteiger partial charge on any atom is -0.440 e. The summed E-state index contributed by atoms with van der Waals surface area (Å²) in [5, 5.41) is 3.43. The van der Waals surface area contributed by atoms with Crippen LogP contribution in [0.4, 0.5) is 5.69 Å². The molecule has 1 N–H and O–H groups in total. The number of carbonyl (C=O) groups excluding carboxylic acids is 1. The number of para-hydroxylation sites is 3. The summed E-state index contributed by atoms with van der Waals surface area (Å²) in [7, 11) is 0. The highest BCUT2D eigenvalue weighted by Crippen LogP contribution is 2.29. The molecule has 6 heteroatoms. The lowest BCUT2D eigenvalue weighted by Gasteiger charge is -2.30. The zero-order chi connectivity index (χ0) is 17.9. The minimum atomic E-state index is -0.0590. The molecule has 1 aliphatic heterocycles. The summed E-state index contributed by atoms with van der Waals surface area (Å²) in [4.78, 5) is 19.1. The molecule has 1 fully saturated rings. The number of carbonyl (C=O) groups is 1. The fourth-order valence-corrected chi connectivity index (χ4v) is 3.60. The molecule has 4 rings (SSSR count). The van der Waals surface area contributed by atoms with Crippen molar-refractivity contribution in [3.63, 3.8) is 0 Å². The summed E-state index contributed by atoms with van der Waals surface area (Å²) in [5.74, 6) is 0.919. The number of rotatable bonds is 4. The minimum absolute atomic E-state index is 0.0590. The Kier molecular flexibility index (Phi) is 4.91. The fourth-order valence-electron chi connectivity index (χ4n) is 3.42. The van der Waals surface area contributed by atoms with Gasteiger partial charge in [-0.25, -0.2) is 4.98 Å². The van der Waals surface area contributed by atoms with Crippen molar-refractivity contribution in [1.82, 2.24) is 9.88 Å². The fraction of sp³-hybridized carbons (Fsp3) is 0.300. The van der Waals surface area contributed by atoms with Crippen LogP contribution in [0.3, 0.4) is 0 Å². The highest BCUT2D eigenvalue weighted by atomic mass is 35.5. The normalized spacial score (nSPS) is 18.1. The molecule has 1 saturated heterocycles. The molecule has 134 valence electrons. The third-order valence-corrected chi connectivity index (χ3v) is 5.01. The number of anilines is 1. The second kappa shape index (κ2) is 7.48. The summed E-state index contributed by atoms with van der Waals surface area (Å²) < 4.78 is 5.92. The number of benzene rings is 2. The quantitative estimate of drug-likeness (QED) is 0.744. The molecule has 1 amide bonds. The van der Waals surface area contributed by atoms with Crippen LogP contribution < -0.4 is 5.32 Å². The highest BCUT2D eigenvalue weighted by Gasteiger charge is 2.26. The van der Waals surface area contributed by atoms with Crippen LogP contribution in [0, 0.1) is 0 Å². The van der Waals surface area contributed by atoms with Gasteiger partial charge in [0.05, 0.1) is 17.3 Å². The molecule has 0 spiro atoms. The predicted octanol–water partition coefficient (Wildman–Crippen LogP) is 4.30. The van der Waals surface area contributed by atoms with Crippen LogP contribution in [0.15, 0.2) is 52.9 Å². The Bertz CT molecular complexity index is 891. The standard InChI is InChI=1S/C20H20ClN3O2/c21-15-7-1-2-8-16(15)22-19(25)13-24-11-5-6-14(12-24)20-23-17-9-3-4-10-18(17)26-20/h1-4,7-10,14H,5-6,11-13H2,(H,22,25). The van der Waals surface area contributed by atoms with E-state index < -0.39 is 0 Å². The first-order valence-corrected chi connectivity index (χ1v) is 9.19. The second-order valence-electron chi connectivity index (χ2n) is 6.62. The summed E-state index contributed by atoms with van der Waals surface area (Å²) in [6, 6.07) is 15.1. The number of amides is 1. The summed E-state index contributed by atoms with van der Waals surface area (Å²) in [6.07, 6.45) is 2.04. The van der Waals surface area contributed by atoms with Gasteiger partial charge < -0.3 is 9.73 Å². The first-order valence-electron chi connectivity index (χ1n) is 8.81. The number of fused-ring (bicyclic) bond motifs is 1. The van der Waals surface area contributed by atoms with Crippen molar-refractivity contribution in [3.05, 3.63) is 59.4 Å². The van der Waals surface area contributed by atoms with Gasteiger partial charge in [-0.15, -0.1) is 0 Å². The molecule has 5 nitrogen and oxygen atoms in total. The Morgan fingerprint density at radius 2 is 2.04 bits per heavy atom. The average molecular weight is 370 g/mol. The number of nitrogens with one attached hydrogen (secondary N) is 1. The smallest absolute Gasteiger partial charge is 0.238 e. The first-order chi connectivity index (χ1) is 12.7. The van der Waals surface area contributed by atoms with E-state index in [-0.39, 0.29) is 11.8 Å². The van der Waals surface area contributed by atoms with Crippen LogP contribution in [-0.4, -0.2) is 35.4 Å². The summed E-state index contributed by atoms with van der Waals surface area (Å²) in [6.45, 7) is 2.00. The van der Waals surface area contributed by atoms with Crippen LogP contribution in [0.2, 0.25) is 5.02 Å². The van der Waals surface area contributed by atoms with E-state index in [1.807, 2.05) is 36.4 Å². The van der Waals surface area contributed by atoms with E-state index >= 15 is 0 Å². The molecule has 2 heterocycles. The summed E-state index contributed by atoms with van der Waals surface area (Å²) >= 11 is 6.10. The van der Waals surface area contributed by atoms with Gasteiger partial charge in [-0.05, 0) is 43.7 Å². The third kappa shape index (κ3) is 3.74. The number of hydrogen-bond donors (Lipinski definition) is 1. The lowest BCUT2D eigenvalue weighted by molar-refractivity contribution is -0.117. The van der Waals surface area contributed by atoms with Gasteiger partial charge in [-0.2, -0.15) is 0 Å². The van der Waals surface area contributed by atoms with Crippen LogP contribution in [-0.2, 0) is 4.79 Å².